The van der Waals surface area contributed by atoms with Crippen molar-refractivity contribution in [1.29, 1.82) is 0 Å². The van der Waals surface area contributed by atoms with Crippen molar-refractivity contribution in [1.82, 2.24) is 5.32 Å². The molecule has 2 rings (SSSR count). The third kappa shape index (κ3) is 2.74. The average molecular weight is 245 g/mol. The van der Waals surface area contributed by atoms with Crippen molar-refractivity contribution in [2.75, 3.05) is 0 Å². The van der Waals surface area contributed by atoms with E-state index in [1.54, 1.807) is 11.3 Å². The number of nitrogens with one attached hydrogen (secondary N) is 1. The molecule has 0 aliphatic heterocycles. The summed E-state index contributed by atoms with van der Waals surface area (Å²) >= 11 is 1.73. The summed E-state index contributed by atoms with van der Waals surface area (Å²) in [6, 6.07) is 9.29. The van der Waals surface area contributed by atoms with Crippen LogP contribution in [0.3, 0.4) is 0 Å². The van der Waals surface area contributed by atoms with Gasteiger partial charge in [0.05, 0.1) is 0 Å². The average Bonchev–Trinajstić information content (AvgIpc) is 2.68. The van der Waals surface area contributed by atoms with Crippen LogP contribution in [0.1, 0.15) is 26.4 Å². The highest BCUT2D eigenvalue weighted by Gasteiger charge is 2.07. The summed E-state index contributed by atoms with van der Waals surface area (Å²) in [6.45, 7) is 4.79. The van der Waals surface area contributed by atoms with Crippen molar-refractivity contribution >= 4 is 17.2 Å². The topological polar surface area (TPSA) is 29.1 Å². The van der Waals surface area contributed by atoms with Gasteiger partial charge >= 0.3 is 0 Å². The minimum atomic E-state index is -0.0196. The van der Waals surface area contributed by atoms with E-state index in [1.807, 2.05) is 30.3 Å². The molecule has 1 aromatic heterocycles. The highest BCUT2D eigenvalue weighted by molar-refractivity contribution is 7.10. The summed E-state index contributed by atoms with van der Waals surface area (Å²) in [5.74, 6) is -0.0196. The summed E-state index contributed by atoms with van der Waals surface area (Å²) in [6.07, 6.45) is 0. The first kappa shape index (κ1) is 11.9. The zero-order valence-electron chi connectivity index (χ0n) is 9.99. The molecular weight excluding hydrogens is 230 g/mol. The molecule has 88 valence electrons. The van der Waals surface area contributed by atoms with E-state index in [1.165, 1.54) is 16.0 Å². The molecule has 1 N–H and O–H groups in total. The van der Waals surface area contributed by atoms with Gasteiger partial charge in [-0.05, 0) is 42.5 Å². The number of amides is 1. The fourth-order valence-corrected chi connectivity index (χ4v) is 2.49. The SMILES string of the molecule is Cc1scc(CNC(=O)c2ccccc2)c1C. The normalized spacial score (nSPS) is 10.2. The van der Waals surface area contributed by atoms with Gasteiger partial charge in [-0.2, -0.15) is 0 Å². The highest BCUT2D eigenvalue weighted by atomic mass is 32.1. The van der Waals surface area contributed by atoms with Crippen LogP contribution in [0.25, 0.3) is 0 Å². The lowest BCUT2D eigenvalue weighted by molar-refractivity contribution is 0.0951. The summed E-state index contributed by atoms with van der Waals surface area (Å²) in [4.78, 5) is 13.1. The fourth-order valence-electron chi connectivity index (χ4n) is 1.60. The standard InChI is InChI=1S/C14H15NOS/c1-10-11(2)17-9-13(10)8-15-14(16)12-6-4-3-5-7-12/h3-7,9H,8H2,1-2H3,(H,15,16). The van der Waals surface area contributed by atoms with Crippen LogP contribution >= 0.6 is 11.3 Å². The van der Waals surface area contributed by atoms with Crippen LogP contribution in [-0.4, -0.2) is 5.91 Å². The van der Waals surface area contributed by atoms with Crippen LogP contribution in [0.5, 0.6) is 0 Å². The Balaban J connectivity index is 2.00. The van der Waals surface area contributed by atoms with Crippen LogP contribution in [-0.2, 0) is 6.54 Å². The van der Waals surface area contributed by atoms with E-state index in [0.29, 0.717) is 12.1 Å². The molecule has 0 fully saturated rings. The first-order valence-corrected chi connectivity index (χ1v) is 6.43. The number of hydrogen-bond donors (Lipinski definition) is 1. The highest BCUT2D eigenvalue weighted by Crippen LogP contribution is 2.20. The molecule has 2 aromatic rings. The lowest BCUT2D eigenvalue weighted by atomic mass is 10.1. The molecule has 17 heavy (non-hydrogen) atoms. The van der Waals surface area contributed by atoms with Crippen LogP contribution in [0.4, 0.5) is 0 Å². The quantitative estimate of drug-likeness (QED) is 0.883. The summed E-state index contributed by atoms with van der Waals surface area (Å²) in [5.41, 5.74) is 3.19. The minimum Gasteiger partial charge on any atom is -0.348 e. The third-order valence-electron chi connectivity index (χ3n) is 2.86. The van der Waals surface area contributed by atoms with Gasteiger partial charge in [0, 0.05) is 17.0 Å². The molecule has 1 aromatic carbocycles. The molecule has 0 radical (unpaired) electrons. The van der Waals surface area contributed by atoms with E-state index < -0.39 is 0 Å². The predicted molar refractivity (Wildman–Crippen MR) is 71.4 cm³/mol. The number of hydrogen-bond acceptors (Lipinski definition) is 2. The second-order valence-corrected chi connectivity index (χ2v) is 5.07. The van der Waals surface area contributed by atoms with Crippen LogP contribution in [0, 0.1) is 13.8 Å². The van der Waals surface area contributed by atoms with Crippen molar-refractivity contribution < 1.29 is 4.79 Å². The molecule has 1 heterocycles. The number of carbonyl (C=O) groups is 1. The zero-order chi connectivity index (χ0) is 12.3. The number of rotatable bonds is 3. The maximum Gasteiger partial charge on any atom is 0.251 e. The Labute approximate surface area is 105 Å². The molecule has 0 aliphatic carbocycles. The number of carbonyl (C=O) groups excluding carboxylic acids is 1. The Kier molecular flexibility index (Phi) is 3.59. The molecule has 0 bridgehead atoms. The summed E-state index contributed by atoms with van der Waals surface area (Å²) < 4.78 is 0. The number of benzene rings is 1. The van der Waals surface area contributed by atoms with Crippen LogP contribution < -0.4 is 5.32 Å². The van der Waals surface area contributed by atoms with E-state index in [2.05, 4.69) is 24.5 Å². The van der Waals surface area contributed by atoms with Gasteiger partial charge in [-0.1, -0.05) is 18.2 Å². The Bertz CT molecular complexity index is 516. The van der Waals surface area contributed by atoms with Gasteiger partial charge in [0.25, 0.3) is 5.91 Å². The second kappa shape index (κ2) is 5.15. The largest absolute Gasteiger partial charge is 0.348 e. The molecule has 0 aliphatic rings. The van der Waals surface area contributed by atoms with Gasteiger partial charge < -0.3 is 5.32 Å². The summed E-state index contributed by atoms with van der Waals surface area (Å²) in [5, 5.41) is 5.04. The lowest BCUT2D eigenvalue weighted by Gasteiger charge is -2.05. The second-order valence-electron chi connectivity index (χ2n) is 3.99. The Morgan fingerprint density at radius 3 is 2.53 bits per heavy atom. The van der Waals surface area contributed by atoms with Gasteiger partial charge in [-0.3, -0.25) is 4.79 Å². The van der Waals surface area contributed by atoms with Crippen molar-refractivity contribution in [3.8, 4) is 0 Å². The smallest absolute Gasteiger partial charge is 0.251 e. The Hall–Kier alpha value is -1.61. The van der Waals surface area contributed by atoms with Gasteiger partial charge in [-0.15, -0.1) is 11.3 Å². The molecule has 1 amide bonds. The molecule has 3 heteroatoms. The van der Waals surface area contributed by atoms with Gasteiger partial charge in [0.2, 0.25) is 0 Å². The first-order chi connectivity index (χ1) is 8.18. The molecule has 0 saturated carbocycles. The maximum atomic E-state index is 11.8. The molecule has 0 unspecified atom stereocenters. The van der Waals surface area contributed by atoms with E-state index >= 15 is 0 Å². The predicted octanol–water partition coefficient (Wildman–Crippen LogP) is 3.29. The zero-order valence-corrected chi connectivity index (χ0v) is 10.8. The van der Waals surface area contributed by atoms with E-state index in [-0.39, 0.29) is 5.91 Å². The molecule has 0 spiro atoms. The summed E-state index contributed by atoms with van der Waals surface area (Å²) in [7, 11) is 0. The van der Waals surface area contributed by atoms with Crippen molar-refractivity contribution in [3.05, 3.63) is 57.3 Å². The monoisotopic (exact) mass is 245 g/mol. The van der Waals surface area contributed by atoms with E-state index in [9.17, 15) is 4.79 Å². The van der Waals surface area contributed by atoms with Gasteiger partial charge in [0.1, 0.15) is 0 Å². The van der Waals surface area contributed by atoms with Gasteiger partial charge in [-0.25, -0.2) is 0 Å². The molecule has 0 atom stereocenters. The van der Waals surface area contributed by atoms with Crippen LogP contribution in [0.2, 0.25) is 0 Å². The first-order valence-electron chi connectivity index (χ1n) is 5.55. The minimum absolute atomic E-state index is 0.0196. The lowest BCUT2D eigenvalue weighted by Crippen LogP contribution is -2.22. The maximum absolute atomic E-state index is 11.8. The molecular formula is C14H15NOS. The van der Waals surface area contributed by atoms with Crippen molar-refractivity contribution in [2.45, 2.75) is 20.4 Å². The molecule has 2 nitrogen and oxygen atoms in total. The van der Waals surface area contributed by atoms with Gasteiger partial charge in [0.15, 0.2) is 0 Å². The number of thiophene rings is 1. The molecule has 0 saturated heterocycles. The number of aryl methyl sites for hydroxylation is 1. The third-order valence-corrected chi connectivity index (χ3v) is 3.93. The Morgan fingerprint density at radius 1 is 1.24 bits per heavy atom. The Morgan fingerprint density at radius 2 is 1.94 bits per heavy atom. The van der Waals surface area contributed by atoms with Crippen molar-refractivity contribution in [2.24, 2.45) is 0 Å². The van der Waals surface area contributed by atoms with Crippen LogP contribution in [0.15, 0.2) is 35.7 Å². The van der Waals surface area contributed by atoms with E-state index in [0.717, 1.165) is 0 Å². The van der Waals surface area contributed by atoms with Crippen molar-refractivity contribution in [3.63, 3.8) is 0 Å². The fraction of sp³-hybridized carbons (Fsp3) is 0.214. The van der Waals surface area contributed by atoms with E-state index in [4.69, 9.17) is 0 Å².